The quantitative estimate of drug-likeness (QED) is 0.433. The summed E-state index contributed by atoms with van der Waals surface area (Å²) in [6, 6.07) is 0. The van der Waals surface area contributed by atoms with Crippen LogP contribution in [0.15, 0.2) is 12.7 Å². The second-order valence-corrected chi connectivity index (χ2v) is 2.77. The molecule has 0 aliphatic carbocycles. The fourth-order valence-corrected chi connectivity index (χ4v) is 0.348. The van der Waals surface area contributed by atoms with E-state index in [2.05, 4.69) is 13.5 Å². The van der Waals surface area contributed by atoms with E-state index in [4.69, 9.17) is 0 Å². The summed E-state index contributed by atoms with van der Waals surface area (Å²) in [5.41, 5.74) is 0. The number of allylic oxidation sites excluding steroid dienone is 1. The van der Waals surface area contributed by atoms with Gasteiger partial charge in [-0.2, -0.15) is 0 Å². The van der Waals surface area contributed by atoms with E-state index in [1.54, 1.807) is 0 Å². The molecule has 0 saturated carbocycles. The van der Waals surface area contributed by atoms with Crippen LogP contribution in [-0.2, 0) is 0 Å². The highest BCUT2D eigenvalue weighted by molar-refractivity contribution is 4.64. The Balaban J connectivity index is 0. The first-order valence-corrected chi connectivity index (χ1v) is 3.87. The van der Waals surface area contributed by atoms with Gasteiger partial charge in [-0.3, -0.25) is 0 Å². The number of nitrogens with zero attached hydrogens (tertiary/aromatic N) is 1. The van der Waals surface area contributed by atoms with E-state index < -0.39 is 0 Å². The Labute approximate surface area is 65.7 Å². The van der Waals surface area contributed by atoms with E-state index in [9.17, 15) is 0 Å². The molecule has 1 heteroatoms. The van der Waals surface area contributed by atoms with Gasteiger partial charge in [0.15, 0.2) is 0 Å². The monoisotopic (exact) mass is 143 g/mol. The summed E-state index contributed by atoms with van der Waals surface area (Å²) < 4.78 is 0. The lowest BCUT2D eigenvalue weighted by Gasteiger charge is -1.90. The van der Waals surface area contributed by atoms with Crippen molar-refractivity contribution in [2.24, 2.45) is 0 Å². The van der Waals surface area contributed by atoms with Gasteiger partial charge in [0.1, 0.15) is 0 Å². The summed E-state index contributed by atoms with van der Waals surface area (Å²) in [5, 5.41) is 0. The van der Waals surface area contributed by atoms with Crippen molar-refractivity contribution in [3.05, 3.63) is 12.7 Å². The van der Waals surface area contributed by atoms with Gasteiger partial charge < -0.3 is 4.90 Å². The molecule has 0 spiro atoms. The highest BCUT2D eigenvalue weighted by Gasteiger charge is 1.71. The summed E-state index contributed by atoms with van der Waals surface area (Å²) >= 11 is 0. The molecule has 0 aromatic rings. The molecule has 0 aromatic carbocycles. The Morgan fingerprint density at radius 3 is 1.80 bits per heavy atom. The van der Waals surface area contributed by atoms with Gasteiger partial charge in [0, 0.05) is 0 Å². The average Bonchev–Trinajstić information content (AvgIpc) is 1.82. The fourth-order valence-electron chi connectivity index (χ4n) is 0.348. The minimum Gasteiger partial charge on any atom is -0.312 e. The summed E-state index contributed by atoms with van der Waals surface area (Å²) in [6.45, 7) is 5.78. The predicted molar refractivity (Wildman–Crippen MR) is 49.3 cm³/mol. The molecule has 0 N–H and O–H groups in total. The van der Waals surface area contributed by atoms with Crippen molar-refractivity contribution >= 4 is 0 Å². The van der Waals surface area contributed by atoms with Gasteiger partial charge in [-0.25, -0.2) is 0 Å². The fraction of sp³-hybridized carbons (Fsp3) is 0.778. The third-order valence-corrected chi connectivity index (χ3v) is 0.762. The highest BCUT2D eigenvalue weighted by Crippen LogP contribution is 1.91. The van der Waals surface area contributed by atoms with Gasteiger partial charge >= 0.3 is 0 Å². The van der Waals surface area contributed by atoms with E-state index in [-0.39, 0.29) is 0 Å². The van der Waals surface area contributed by atoms with Crippen LogP contribution >= 0.6 is 0 Å². The average molecular weight is 143 g/mol. The predicted octanol–water partition coefficient (Wildman–Crippen LogP) is 2.54. The van der Waals surface area contributed by atoms with Crippen molar-refractivity contribution in [3.63, 3.8) is 0 Å². The summed E-state index contributed by atoms with van der Waals surface area (Å²) in [4.78, 5) is 2.00. The second kappa shape index (κ2) is 11.5. The van der Waals surface area contributed by atoms with Gasteiger partial charge in [-0.1, -0.05) is 25.8 Å². The zero-order valence-electron chi connectivity index (χ0n) is 7.85. The SMILES string of the molecule is C=CCCCC.CN(C)C. The minimum absolute atomic E-state index is 1.18. The Morgan fingerprint density at radius 1 is 1.30 bits per heavy atom. The molecular weight excluding hydrogens is 122 g/mol. The molecule has 0 rings (SSSR count). The molecule has 0 radical (unpaired) electrons. The van der Waals surface area contributed by atoms with Crippen LogP contribution in [0.4, 0.5) is 0 Å². The van der Waals surface area contributed by atoms with Gasteiger partial charge in [-0.05, 0) is 27.6 Å². The van der Waals surface area contributed by atoms with Crippen LogP contribution in [0.25, 0.3) is 0 Å². The largest absolute Gasteiger partial charge is 0.312 e. The molecule has 0 fully saturated rings. The van der Waals surface area contributed by atoms with Crippen LogP contribution in [0.1, 0.15) is 26.2 Å². The van der Waals surface area contributed by atoms with Crippen molar-refractivity contribution in [2.75, 3.05) is 21.1 Å². The molecule has 0 bridgehead atoms. The summed E-state index contributed by atoms with van der Waals surface area (Å²) in [6.07, 6.45) is 5.72. The molecule has 0 unspecified atom stereocenters. The maximum absolute atomic E-state index is 3.60. The van der Waals surface area contributed by atoms with Crippen LogP contribution in [0.3, 0.4) is 0 Å². The minimum atomic E-state index is 1.18. The van der Waals surface area contributed by atoms with Crippen molar-refractivity contribution in [2.45, 2.75) is 26.2 Å². The molecule has 0 aliphatic heterocycles. The Hall–Kier alpha value is -0.300. The summed E-state index contributed by atoms with van der Waals surface area (Å²) in [5.74, 6) is 0. The van der Waals surface area contributed by atoms with Crippen molar-refractivity contribution < 1.29 is 0 Å². The van der Waals surface area contributed by atoms with Crippen molar-refractivity contribution in [3.8, 4) is 0 Å². The first kappa shape index (κ1) is 12.4. The molecule has 0 atom stereocenters. The maximum Gasteiger partial charge on any atom is -0.0140 e. The smallest absolute Gasteiger partial charge is 0.0140 e. The normalized spacial score (nSPS) is 8.50. The second-order valence-electron chi connectivity index (χ2n) is 2.77. The maximum atomic E-state index is 3.60. The lowest BCUT2D eigenvalue weighted by Crippen LogP contribution is -1.99. The van der Waals surface area contributed by atoms with Crippen LogP contribution < -0.4 is 0 Å². The van der Waals surface area contributed by atoms with Crippen LogP contribution in [0, 0.1) is 0 Å². The van der Waals surface area contributed by atoms with Crippen LogP contribution in [0.5, 0.6) is 0 Å². The van der Waals surface area contributed by atoms with E-state index in [0.29, 0.717) is 0 Å². The molecule has 0 aliphatic rings. The Kier molecular flexibility index (Phi) is 14.2. The van der Waals surface area contributed by atoms with Crippen molar-refractivity contribution in [1.29, 1.82) is 0 Å². The molecule has 0 saturated heterocycles. The van der Waals surface area contributed by atoms with Gasteiger partial charge in [0.05, 0.1) is 0 Å². The Bertz CT molecular complexity index is 55.0. The van der Waals surface area contributed by atoms with E-state index in [1.165, 1.54) is 19.3 Å². The zero-order chi connectivity index (χ0) is 8.41. The van der Waals surface area contributed by atoms with Gasteiger partial charge in [-0.15, -0.1) is 6.58 Å². The molecule has 0 aromatic heterocycles. The lowest BCUT2D eigenvalue weighted by atomic mass is 10.3. The molecule has 62 valence electrons. The van der Waals surface area contributed by atoms with Crippen LogP contribution in [-0.4, -0.2) is 26.0 Å². The third-order valence-electron chi connectivity index (χ3n) is 0.762. The van der Waals surface area contributed by atoms with E-state index in [0.717, 1.165) is 0 Å². The number of hydrogen-bond donors (Lipinski definition) is 0. The van der Waals surface area contributed by atoms with E-state index >= 15 is 0 Å². The number of unbranched alkanes of at least 4 members (excludes halogenated alkanes) is 2. The standard InChI is InChI=1S/C6H12.C3H9N/c1-3-5-6-4-2;1-4(2)3/h3H,1,4-6H2,2H3;1-3H3. The van der Waals surface area contributed by atoms with Crippen LogP contribution in [0.2, 0.25) is 0 Å². The van der Waals surface area contributed by atoms with Gasteiger partial charge in [0.2, 0.25) is 0 Å². The Morgan fingerprint density at radius 2 is 1.70 bits per heavy atom. The zero-order valence-corrected chi connectivity index (χ0v) is 7.85. The topological polar surface area (TPSA) is 3.24 Å². The van der Waals surface area contributed by atoms with E-state index in [1.807, 2.05) is 32.1 Å². The molecule has 1 nitrogen and oxygen atoms in total. The molecular formula is C9H21N. The number of hydrogen-bond acceptors (Lipinski definition) is 1. The summed E-state index contributed by atoms with van der Waals surface area (Å²) in [7, 11) is 6.00. The molecule has 0 amide bonds. The first-order valence-electron chi connectivity index (χ1n) is 3.87. The number of rotatable bonds is 3. The van der Waals surface area contributed by atoms with Gasteiger partial charge in [0.25, 0.3) is 0 Å². The van der Waals surface area contributed by atoms with Crippen molar-refractivity contribution in [1.82, 2.24) is 4.90 Å². The molecule has 10 heavy (non-hydrogen) atoms. The highest BCUT2D eigenvalue weighted by atomic mass is 15.0. The molecule has 0 heterocycles. The third kappa shape index (κ3) is 47.4. The first-order chi connectivity index (χ1) is 4.65. The lowest BCUT2D eigenvalue weighted by molar-refractivity contribution is 0.505.